The van der Waals surface area contributed by atoms with E-state index in [0.717, 1.165) is 11.8 Å². The molecule has 1 aromatic carbocycles. The lowest BCUT2D eigenvalue weighted by atomic mass is 9.86. The molecule has 0 fully saturated rings. The molecule has 0 N–H and O–H groups in total. The van der Waals surface area contributed by atoms with Crippen LogP contribution in [0.4, 0.5) is 0 Å². The first kappa shape index (κ1) is 16.2. The maximum absolute atomic E-state index is 2.38. The molecule has 0 aliphatic rings. The van der Waals surface area contributed by atoms with Gasteiger partial charge in [0.2, 0.25) is 0 Å². The third-order valence-electron chi connectivity index (χ3n) is 3.23. The molecule has 0 radical (unpaired) electrons. The minimum Gasteiger partial charge on any atom is -0.0683 e. The maximum atomic E-state index is 2.38. The van der Waals surface area contributed by atoms with Crippen LogP contribution >= 0.6 is 0 Å². The Kier molecular flexibility index (Phi) is 9.90. The fourth-order valence-corrected chi connectivity index (χ4v) is 2.36. The van der Waals surface area contributed by atoms with Gasteiger partial charge in [-0.3, -0.25) is 0 Å². The van der Waals surface area contributed by atoms with Crippen molar-refractivity contribution in [3.05, 3.63) is 35.9 Å². The van der Waals surface area contributed by atoms with E-state index < -0.39 is 0 Å². The topological polar surface area (TPSA) is 0 Å². The first-order valence-electron chi connectivity index (χ1n) is 7.32. The van der Waals surface area contributed by atoms with Gasteiger partial charge in [-0.2, -0.15) is 0 Å². The Bertz CT molecular complexity index is 250. The van der Waals surface area contributed by atoms with Crippen LogP contribution in [0.15, 0.2) is 30.3 Å². The summed E-state index contributed by atoms with van der Waals surface area (Å²) in [6, 6.07) is 11.0. The van der Waals surface area contributed by atoms with Crippen LogP contribution < -0.4 is 0 Å². The molecule has 0 unspecified atom stereocenters. The molecule has 0 bridgehead atoms. The van der Waals surface area contributed by atoms with E-state index in [1.807, 2.05) is 13.8 Å². The Hall–Kier alpha value is -0.780. The molecule has 0 aromatic heterocycles. The fourth-order valence-electron chi connectivity index (χ4n) is 2.36. The third-order valence-corrected chi connectivity index (χ3v) is 3.23. The number of rotatable bonds is 6. The molecular formula is C17H30. The second-order valence-electron chi connectivity index (χ2n) is 4.65. The number of benzene rings is 1. The van der Waals surface area contributed by atoms with E-state index in [2.05, 4.69) is 51.1 Å². The molecule has 0 nitrogen and oxygen atoms in total. The molecule has 0 heterocycles. The van der Waals surface area contributed by atoms with Crippen molar-refractivity contribution in [2.45, 2.75) is 66.2 Å². The second kappa shape index (κ2) is 10.4. The molecule has 0 saturated carbocycles. The summed E-state index contributed by atoms with van der Waals surface area (Å²) in [6.07, 6.45) is 5.28. The largest absolute Gasteiger partial charge is 0.0683 e. The van der Waals surface area contributed by atoms with Crippen LogP contribution in [-0.4, -0.2) is 0 Å². The monoisotopic (exact) mass is 234 g/mol. The fraction of sp³-hybridized carbons (Fsp3) is 0.647. The Morgan fingerprint density at radius 1 is 1.00 bits per heavy atom. The summed E-state index contributed by atoms with van der Waals surface area (Å²) >= 11 is 0. The van der Waals surface area contributed by atoms with Crippen LogP contribution in [-0.2, 0) is 0 Å². The van der Waals surface area contributed by atoms with Gasteiger partial charge in [0.25, 0.3) is 0 Å². The Labute approximate surface area is 108 Å². The van der Waals surface area contributed by atoms with Crippen molar-refractivity contribution in [3.8, 4) is 0 Å². The summed E-state index contributed by atoms with van der Waals surface area (Å²) in [5, 5.41) is 0. The summed E-state index contributed by atoms with van der Waals surface area (Å²) in [5.41, 5.74) is 1.52. The van der Waals surface area contributed by atoms with Crippen molar-refractivity contribution in [3.63, 3.8) is 0 Å². The van der Waals surface area contributed by atoms with Gasteiger partial charge in [-0.1, -0.05) is 77.8 Å². The van der Waals surface area contributed by atoms with Gasteiger partial charge in [0.05, 0.1) is 0 Å². The Balaban J connectivity index is 0.00000121. The first-order chi connectivity index (χ1) is 8.27. The molecule has 2 atom stereocenters. The van der Waals surface area contributed by atoms with Gasteiger partial charge in [-0.25, -0.2) is 0 Å². The smallest absolute Gasteiger partial charge is 0.0162 e. The van der Waals surface area contributed by atoms with Crippen LogP contribution in [0.25, 0.3) is 0 Å². The van der Waals surface area contributed by atoms with Crippen LogP contribution in [0.2, 0.25) is 0 Å². The SMILES string of the molecule is CC.CCC[C@@H](C)C[C@H](CC)c1ccccc1. The van der Waals surface area contributed by atoms with Crippen LogP contribution in [0.1, 0.15) is 71.8 Å². The summed E-state index contributed by atoms with van der Waals surface area (Å²) in [6.45, 7) is 11.0. The predicted molar refractivity (Wildman–Crippen MR) is 79.5 cm³/mol. The highest BCUT2D eigenvalue weighted by molar-refractivity contribution is 5.19. The number of hydrogen-bond acceptors (Lipinski definition) is 0. The molecule has 0 aliphatic carbocycles. The van der Waals surface area contributed by atoms with E-state index in [9.17, 15) is 0 Å². The maximum Gasteiger partial charge on any atom is -0.0162 e. The zero-order valence-corrected chi connectivity index (χ0v) is 12.4. The normalized spacial score (nSPS) is 13.5. The van der Waals surface area contributed by atoms with Crippen molar-refractivity contribution >= 4 is 0 Å². The predicted octanol–water partition coefficient (Wildman–Crippen LogP) is 6.03. The van der Waals surface area contributed by atoms with Gasteiger partial charge in [-0.05, 0) is 30.2 Å². The van der Waals surface area contributed by atoms with Crippen LogP contribution in [0.3, 0.4) is 0 Å². The third kappa shape index (κ3) is 6.51. The summed E-state index contributed by atoms with van der Waals surface area (Å²) < 4.78 is 0. The molecule has 98 valence electrons. The van der Waals surface area contributed by atoms with Gasteiger partial charge in [0.15, 0.2) is 0 Å². The quantitative estimate of drug-likeness (QED) is 0.563. The lowest BCUT2D eigenvalue weighted by Gasteiger charge is -2.19. The zero-order valence-electron chi connectivity index (χ0n) is 12.4. The van der Waals surface area contributed by atoms with Gasteiger partial charge in [-0.15, -0.1) is 0 Å². The first-order valence-corrected chi connectivity index (χ1v) is 7.32. The number of hydrogen-bond donors (Lipinski definition) is 0. The molecular weight excluding hydrogens is 204 g/mol. The molecule has 1 rings (SSSR count). The Morgan fingerprint density at radius 3 is 2.06 bits per heavy atom. The van der Waals surface area contributed by atoms with Crippen molar-refractivity contribution < 1.29 is 0 Å². The summed E-state index contributed by atoms with van der Waals surface area (Å²) in [7, 11) is 0. The molecule has 0 heteroatoms. The lowest BCUT2D eigenvalue weighted by molar-refractivity contribution is 0.428. The lowest BCUT2D eigenvalue weighted by Crippen LogP contribution is -2.04. The average Bonchev–Trinajstić information content (AvgIpc) is 2.39. The average molecular weight is 234 g/mol. The van der Waals surface area contributed by atoms with Gasteiger partial charge in [0, 0.05) is 0 Å². The van der Waals surface area contributed by atoms with Gasteiger partial charge in [0.1, 0.15) is 0 Å². The molecule has 1 aromatic rings. The minimum atomic E-state index is 0.757. The van der Waals surface area contributed by atoms with E-state index in [1.165, 1.54) is 31.2 Å². The van der Waals surface area contributed by atoms with E-state index >= 15 is 0 Å². The summed E-state index contributed by atoms with van der Waals surface area (Å²) in [4.78, 5) is 0. The van der Waals surface area contributed by atoms with Crippen molar-refractivity contribution in [2.75, 3.05) is 0 Å². The molecule has 0 amide bonds. The second-order valence-corrected chi connectivity index (χ2v) is 4.65. The zero-order chi connectivity index (χ0) is 13.1. The van der Waals surface area contributed by atoms with Gasteiger partial charge >= 0.3 is 0 Å². The van der Waals surface area contributed by atoms with Crippen molar-refractivity contribution in [1.82, 2.24) is 0 Å². The van der Waals surface area contributed by atoms with E-state index in [1.54, 1.807) is 0 Å². The molecule has 0 aliphatic heterocycles. The van der Waals surface area contributed by atoms with Crippen LogP contribution in [0.5, 0.6) is 0 Å². The molecule has 0 spiro atoms. The van der Waals surface area contributed by atoms with Gasteiger partial charge < -0.3 is 0 Å². The van der Waals surface area contributed by atoms with Crippen molar-refractivity contribution in [2.24, 2.45) is 5.92 Å². The van der Waals surface area contributed by atoms with Crippen molar-refractivity contribution in [1.29, 1.82) is 0 Å². The molecule has 17 heavy (non-hydrogen) atoms. The van der Waals surface area contributed by atoms with E-state index in [0.29, 0.717) is 0 Å². The highest BCUT2D eigenvalue weighted by Crippen LogP contribution is 2.28. The molecule has 0 saturated heterocycles. The Morgan fingerprint density at radius 2 is 1.59 bits per heavy atom. The minimum absolute atomic E-state index is 0.757. The summed E-state index contributed by atoms with van der Waals surface area (Å²) in [5.74, 6) is 1.62. The van der Waals surface area contributed by atoms with E-state index in [4.69, 9.17) is 0 Å². The van der Waals surface area contributed by atoms with Crippen LogP contribution in [0, 0.1) is 5.92 Å². The highest BCUT2D eigenvalue weighted by atomic mass is 14.2. The standard InChI is InChI=1S/C15H24.C2H6/c1-4-9-13(3)12-14(5-2)15-10-7-6-8-11-15;1-2/h6-8,10-11,13-14H,4-5,9,12H2,1-3H3;1-2H3/t13-,14+;/m1./s1. The highest BCUT2D eigenvalue weighted by Gasteiger charge is 2.12. The van der Waals surface area contributed by atoms with E-state index in [-0.39, 0.29) is 0 Å².